The zero-order chi connectivity index (χ0) is 18.7. The summed E-state index contributed by atoms with van der Waals surface area (Å²) in [5.74, 6) is -1.02. The van der Waals surface area contributed by atoms with Gasteiger partial charge in [0.2, 0.25) is 0 Å². The van der Waals surface area contributed by atoms with Crippen LogP contribution in [-0.4, -0.2) is 39.4 Å². The van der Waals surface area contributed by atoms with E-state index in [4.69, 9.17) is 11.6 Å². The molecule has 1 aliphatic heterocycles. The predicted molar refractivity (Wildman–Crippen MR) is 95.7 cm³/mol. The number of halogens is 2. The van der Waals surface area contributed by atoms with Crippen LogP contribution in [0.1, 0.15) is 17.5 Å². The van der Waals surface area contributed by atoms with Gasteiger partial charge in [0.1, 0.15) is 12.0 Å². The second-order valence-electron chi connectivity index (χ2n) is 6.45. The predicted octanol–water partition coefficient (Wildman–Crippen LogP) is 2.05. The van der Waals surface area contributed by atoms with Crippen molar-refractivity contribution in [2.75, 3.05) is 6.54 Å². The smallest absolute Gasteiger partial charge is 0.259 e. The van der Waals surface area contributed by atoms with Gasteiger partial charge in [0.15, 0.2) is 5.60 Å². The minimum atomic E-state index is -1.91. The van der Waals surface area contributed by atoms with Crippen LogP contribution in [0.5, 0.6) is 0 Å². The van der Waals surface area contributed by atoms with Gasteiger partial charge in [-0.2, -0.15) is 0 Å². The van der Waals surface area contributed by atoms with Crippen LogP contribution in [0.25, 0.3) is 0 Å². The van der Waals surface area contributed by atoms with Gasteiger partial charge >= 0.3 is 0 Å². The molecule has 1 heterocycles. The molecule has 0 bridgehead atoms. The third-order valence-electron chi connectivity index (χ3n) is 4.51. The average molecular weight is 379 g/mol. The van der Waals surface area contributed by atoms with Gasteiger partial charge in [0.25, 0.3) is 5.91 Å². The summed E-state index contributed by atoms with van der Waals surface area (Å²) >= 11 is 5.80. The van der Waals surface area contributed by atoms with Crippen molar-refractivity contribution >= 4 is 17.5 Å². The molecule has 1 aliphatic rings. The average Bonchev–Trinajstić information content (AvgIpc) is 2.89. The molecule has 1 fully saturated rings. The van der Waals surface area contributed by atoms with Crippen molar-refractivity contribution in [1.82, 2.24) is 10.2 Å². The Kier molecular flexibility index (Phi) is 5.58. The molecule has 0 aromatic heterocycles. The van der Waals surface area contributed by atoms with Gasteiger partial charge in [-0.1, -0.05) is 41.9 Å². The second-order valence-corrected chi connectivity index (χ2v) is 6.88. The van der Waals surface area contributed by atoms with E-state index in [9.17, 15) is 19.4 Å². The maximum atomic E-state index is 13.4. The molecular formula is C19H20ClFN2O3. The number of nitrogens with one attached hydrogen (secondary N) is 1. The largest absolute Gasteiger partial charge is 0.376 e. The standard InChI is InChI=1S/C19H20ClFN2O3/c20-15-8-14(9-16(21)10-15)11-22-17(24)19(26)6-7-23(18(19)25)12-13-4-2-1-3-5-13/h1-5,8-10,17,22,24,26H,6-7,11-12H2. The van der Waals surface area contributed by atoms with Crippen LogP contribution < -0.4 is 5.32 Å². The van der Waals surface area contributed by atoms with Gasteiger partial charge in [-0.15, -0.1) is 0 Å². The van der Waals surface area contributed by atoms with Crippen molar-refractivity contribution in [2.24, 2.45) is 0 Å². The van der Waals surface area contributed by atoms with Crippen LogP contribution in [0.3, 0.4) is 0 Å². The minimum Gasteiger partial charge on any atom is -0.376 e. The highest BCUT2D eigenvalue weighted by Gasteiger charge is 2.50. The number of likely N-dealkylation sites (tertiary alicyclic amines) is 1. The summed E-state index contributed by atoms with van der Waals surface area (Å²) < 4.78 is 13.4. The molecule has 26 heavy (non-hydrogen) atoms. The molecule has 5 nitrogen and oxygen atoms in total. The van der Waals surface area contributed by atoms with E-state index in [2.05, 4.69) is 5.32 Å². The van der Waals surface area contributed by atoms with Crippen LogP contribution in [0, 0.1) is 5.82 Å². The molecule has 7 heteroatoms. The zero-order valence-corrected chi connectivity index (χ0v) is 14.8. The number of carbonyl (C=O) groups is 1. The molecule has 3 rings (SSSR count). The van der Waals surface area contributed by atoms with Crippen LogP contribution in [0.2, 0.25) is 5.02 Å². The first-order valence-corrected chi connectivity index (χ1v) is 8.68. The fraction of sp³-hybridized carbons (Fsp3) is 0.316. The molecule has 0 spiro atoms. The lowest BCUT2D eigenvalue weighted by molar-refractivity contribution is -0.157. The van der Waals surface area contributed by atoms with Crippen LogP contribution in [-0.2, 0) is 17.9 Å². The Bertz CT molecular complexity index is 769. The van der Waals surface area contributed by atoms with E-state index in [-0.39, 0.29) is 18.0 Å². The lowest BCUT2D eigenvalue weighted by Gasteiger charge is -2.28. The highest BCUT2D eigenvalue weighted by Crippen LogP contribution is 2.27. The molecule has 0 saturated carbocycles. The van der Waals surface area contributed by atoms with Crippen LogP contribution in [0.15, 0.2) is 48.5 Å². The third kappa shape index (κ3) is 4.04. The third-order valence-corrected chi connectivity index (χ3v) is 4.73. The Hall–Kier alpha value is -1.99. The fourth-order valence-electron chi connectivity index (χ4n) is 3.09. The summed E-state index contributed by atoms with van der Waals surface area (Å²) in [6.45, 7) is 0.774. The number of aliphatic hydroxyl groups excluding tert-OH is 1. The molecular weight excluding hydrogens is 359 g/mol. The first-order valence-electron chi connectivity index (χ1n) is 8.30. The Morgan fingerprint density at radius 3 is 2.65 bits per heavy atom. The Labute approximate surface area is 156 Å². The van der Waals surface area contributed by atoms with E-state index in [0.29, 0.717) is 18.7 Å². The van der Waals surface area contributed by atoms with Crippen LogP contribution in [0.4, 0.5) is 4.39 Å². The lowest BCUT2D eigenvalue weighted by Crippen LogP contribution is -2.55. The van der Waals surface area contributed by atoms with Gasteiger partial charge in [-0.25, -0.2) is 4.39 Å². The molecule has 138 valence electrons. The number of nitrogens with zero attached hydrogens (tertiary/aromatic N) is 1. The highest BCUT2D eigenvalue weighted by atomic mass is 35.5. The molecule has 2 aromatic carbocycles. The molecule has 3 N–H and O–H groups in total. The van der Waals surface area contributed by atoms with Crippen LogP contribution >= 0.6 is 11.6 Å². The highest BCUT2D eigenvalue weighted by molar-refractivity contribution is 6.30. The van der Waals surface area contributed by atoms with E-state index in [1.54, 1.807) is 6.07 Å². The molecule has 1 amide bonds. The van der Waals surface area contributed by atoms with E-state index in [0.717, 1.165) is 5.56 Å². The Morgan fingerprint density at radius 2 is 1.96 bits per heavy atom. The quantitative estimate of drug-likeness (QED) is 0.673. The molecule has 0 aliphatic carbocycles. The Morgan fingerprint density at radius 1 is 1.23 bits per heavy atom. The maximum absolute atomic E-state index is 13.4. The number of rotatable bonds is 6. The minimum absolute atomic E-state index is 0.0624. The number of amides is 1. The summed E-state index contributed by atoms with van der Waals surface area (Å²) in [7, 11) is 0. The number of benzene rings is 2. The summed E-state index contributed by atoms with van der Waals surface area (Å²) in [4.78, 5) is 14.1. The van der Waals surface area contributed by atoms with Crippen molar-refractivity contribution in [1.29, 1.82) is 0 Å². The van der Waals surface area contributed by atoms with Crippen molar-refractivity contribution < 1.29 is 19.4 Å². The number of aliphatic hydroxyl groups is 2. The number of hydrogen-bond donors (Lipinski definition) is 3. The van der Waals surface area contributed by atoms with Crippen molar-refractivity contribution in [2.45, 2.75) is 31.3 Å². The van der Waals surface area contributed by atoms with E-state index < -0.39 is 23.6 Å². The van der Waals surface area contributed by atoms with E-state index in [1.807, 2.05) is 30.3 Å². The maximum Gasteiger partial charge on any atom is 0.259 e. The summed E-state index contributed by atoms with van der Waals surface area (Å²) in [5.41, 5.74) is -0.461. The van der Waals surface area contributed by atoms with Gasteiger partial charge < -0.3 is 15.1 Å². The molecule has 0 radical (unpaired) electrons. The van der Waals surface area contributed by atoms with Crippen molar-refractivity contribution in [3.05, 3.63) is 70.5 Å². The Balaban J connectivity index is 1.63. The zero-order valence-electron chi connectivity index (χ0n) is 14.0. The van der Waals surface area contributed by atoms with E-state index in [1.165, 1.54) is 17.0 Å². The van der Waals surface area contributed by atoms with Gasteiger partial charge in [0, 0.05) is 31.1 Å². The monoisotopic (exact) mass is 378 g/mol. The normalized spacial score (nSPS) is 21.2. The summed E-state index contributed by atoms with van der Waals surface area (Å²) in [5, 5.41) is 23.9. The number of hydrogen-bond acceptors (Lipinski definition) is 4. The van der Waals surface area contributed by atoms with Gasteiger partial charge in [-0.05, 0) is 29.3 Å². The van der Waals surface area contributed by atoms with E-state index >= 15 is 0 Å². The molecule has 2 unspecified atom stereocenters. The van der Waals surface area contributed by atoms with Crippen molar-refractivity contribution in [3.8, 4) is 0 Å². The molecule has 1 saturated heterocycles. The summed E-state index contributed by atoms with van der Waals surface area (Å²) in [6.07, 6.45) is -1.37. The fourth-order valence-corrected chi connectivity index (χ4v) is 3.34. The molecule has 2 aromatic rings. The van der Waals surface area contributed by atoms with Crippen molar-refractivity contribution in [3.63, 3.8) is 0 Å². The molecule has 2 atom stereocenters. The lowest BCUT2D eigenvalue weighted by atomic mass is 10.00. The SMILES string of the molecule is O=C1N(Cc2ccccc2)CCC1(O)C(O)NCc1cc(F)cc(Cl)c1. The second kappa shape index (κ2) is 7.72. The first-order chi connectivity index (χ1) is 12.4. The topological polar surface area (TPSA) is 72.8 Å². The van der Waals surface area contributed by atoms with Gasteiger partial charge in [0.05, 0.1) is 0 Å². The first kappa shape index (κ1) is 18.8. The van der Waals surface area contributed by atoms with Gasteiger partial charge in [-0.3, -0.25) is 10.1 Å². The number of carbonyl (C=O) groups excluding carboxylic acids is 1. The summed E-state index contributed by atoms with van der Waals surface area (Å²) in [6, 6.07) is 13.4.